The average Bonchev–Trinajstić information content (AvgIpc) is 2.79. The first-order valence-corrected chi connectivity index (χ1v) is 6.09. The number of hydrogen-bond donors (Lipinski definition) is 3. The van der Waals surface area contributed by atoms with E-state index in [-0.39, 0.29) is 18.0 Å². The van der Waals surface area contributed by atoms with Crippen LogP contribution in [-0.4, -0.2) is 42.0 Å². The Morgan fingerprint density at radius 2 is 2.06 bits per heavy atom. The van der Waals surface area contributed by atoms with E-state index in [0.717, 1.165) is 25.9 Å². The maximum atomic E-state index is 11.7. The Hall–Kier alpha value is -1.14. The predicted octanol–water partition coefficient (Wildman–Crippen LogP) is -0.761. The first-order chi connectivity index (χ1) is 7.99. The minimum absolute atomic E-state index is 0.261. The van der Waals surface area contributed by atoms with Gasteiger partial charge in [0.1, 0.15) is 0 Å². The van der Waals surface area contributed by atoms with E-state index in [1.165, 1.54) is 0 Å². The molecule has 0 aromatic carbocycles. The summed E-state index contributed by atoms with van der Waals surface area (Å²) in [6.45, 7) is 3.54. The number of urea groups is 1. The van der Waals surface area contributed by atoms with Crippen LogP contribution in [0.5, 0.6) is 0 Å². The lowest BCUT2D eigenvalue weighted by Crippen LogP contribution is -2.48. The fourth-order valence-corrected chi connectivity index (χ4v) is 3.05. The number of likely N-dealkylation sites (tertiary alicyclic amines) is 1. The van der Waals surface area contributed by atoms with Crippen LogP contribution >= 0.6 is 0 Å². The van der Waals surface area contributed by atoms with Gasteiger partial charge in [0.05, 0.1) is 6.04 Å². The summed E-state index contributed by atoms with van der Waals surface area (Å²) in [5.41, 5.74) is 11.0. The van der Waals surface area contributed by atoms with Gasteiger partial charge in [0.25, 0.3) is 0 Å². The van der Waals surface area contributed by atoms with Crippen molar-refractivity contribution >= 4 is 11.9 Å². The monoisotopic (exact) mass is 240 g/mol. The van der Waals surface area contributed by atoms with Crippen molar-refractivity contribution in [3.05, 3.63) is 0 Å². The minimum atomic E-state index is -0.794. The number of fused-ring (bicyclic) bond motifs is 1. The molecule has 1 saturated carbocycles. The Morgan fingerprint density at radius 1 is 1.35 bits per heavy atom. The van der Waals surface area contributed by atoms with Crippen molar-refractivity contribution in [3.63, 3.8) is 0 Å². The Bertz CT molecular complexity index is 333. The van der Waals surface area contributed by atoms with Crippen LogP contribution in [0.1, 0.15) is 19.8 Å². The number of carbonyl (C=O) groups excluding carboxylic acids is 2. The maximum Gasteiger partial charge on any atom is 0.318 e. The molecule has 0 aromatic heterocycles. The second-order valence-electron chi connectivity index (χ2n) is 5.15. The third-order valence-electron chi connectivity index (χ3n) is 4.11. The van der Waals surface area contributed by atoms with Gasteiger partial charge in [0.15, 0.2) is 0 Å². The van der Waals surface area contributed by atoms with Gasteiger partial charge in [-0.25, -0.2) is 4.79 Å². The van der Waals surface area contributed by atoms with Gasteiger partial charge in [-0.1, -0.05) is 0 Å². The molecule has 3 amide bonds. The SMILES string of the molecule is CC(C(=O)NC(N)=O)N1CC2CCC(N)C2C1. The second-order valence-corrected chi connectivity index (χ2v) is 5.15. The van der Waals surface area contributed by atoms with Gasteiger partial charge in [-0.05, 0) is 31.6 Å². The highest BCUT2D eigenvalue weighted by atomic mass is 16.2. The van der Waals surface area contributed by atoms with Gasteiger partial charge in [-0.3, -0.25) is 15.0 Å². The van der Waals surface area contributed by atoms with Crippen molar-refractivity contribution in [2.45, 2.75) is 31.8 Å². The molecule has 2 aliphatic rings. The largest absolute Gasteiger partial charge is 0.351 e. The fraction of sp³-hybridized carbons (Fsp3) is 0.818. The minimum Gasteiger partial charge on any atom is -0.351 e. The topological polar surface area (TPSA) is 101 Å². The number of primary amides is 1. The summed E-state index contributed by atoms with van der Waals surface area (Å²) in [5.74, 6) is 0.777. The molecule has 1 aliphatic heterocycles. The summed E-state index contributed by atoms with van der Waals surface area (Å²) in [5, 5.41) is 2.12. The lowest BCUT2D eigenvalue weighted by Gasteiger charge is -2.24. The number of carbonyl (C=O) groups is 2. The molecule has 0 radical (unpaired) electrons. The van der Waals surface area contributed by atoms with Crippen LogP contribution in [0, 0.1) is 11.8 Å². The molecule has 0 bridgehead atoms. The molecule has 2 fully saturated rings. The molecular formula is C11H20N4O2. The third kappa shape index (κ3) is 2.42. The summed E-state index contributed by atoms with van der Waals surface area (Å²) in [7, 11) is 0. The zero-order valence-corrected chi connectivity index (χ0v) is 10.1. The van der Waals surface area contributed by atoms with Crippen LogP contribution in [0.3, 0.4) is 0 Å². The molecule has 0 aromatic rings. The van der Waals surface area contributed by atoms with E-state index in [0.29, 0.717) is 11.8 Å². The molecule has 1 aliphatic carbocycles. The number of imide groups is 1. The average molecular weight is 240 g/mol. The van der Waals surface area contributed by atoms with Gasteiger partial charge in [0.2, 0.25) is 5.91 Å². The highest BCUT2D eigenvalue weighted by Gasteiger charge is 2.43. The van der Waals surface area contributed by atoms with Gasteiger partial charge in [-0.2, -0.15) is 0 Å². The molecule has 5 N–H and O–H groups in total. The van der Waals surface area contributed by atoms with E-state index >= 15 is 0 Å². The first kappa shape index (κ1) is 12.3. The van der Waals surface area contributed by atoms with Crippen LogP contribution < -0.4 is 16.8 Å². The van der Waals surface area contributed by atoms with Crippen molar-refractivity contribution in [2.75, 3.05) is 13.1 Å². The van der Waals surface area contributed by atoms with Crippen LogP contribution in [0.2, 0.25) is 0 Å². The molecule has 6 nitrogen and oxygen atoms in total. The van der Waals surface area contributed by atoms with Crippen molar-refractivity contribution < 1.29 is 9.59 Å². The number of rotatable bonds is 2. The van der Waals surface area contributed by atoms with Crippen molar-refractivity contribution in [3.8, 4) is 0 Å². The van der Waals surface area contributed by atoms with E-state index in [9.17, 15) is 9.59 Å². The molecule has 4 atom stereocenters. The van der Waals surface area contributed by atoms with Crippen LogP contribution in [-0.2, 0) is 4.79 Å². The number of amides is 3. The van der Waals surface area contributed by atoms with Crippen molar-refractivity contribution in [1.82, 2.24) is 10.2 Å². The Morgan fingerprint density at radius 3 is 2.65 bits per heavy atom. The fourth-order valence-electron chi connectivity index (χ4n) is 3.05. The van der Waals surface area contributed by atoms with E-state index in [1.807, 2.05) is 0 Å². The lowest BCUT2D eigenvalue weighted by atomic mass is 9.98. The van der Waals surface area contributed by atoms with Gasteiger partial charge in [-0.15, -0.1) is 0 Å². The second kappa shape index (κ2) is 4.62. The smallest absolute Gasteiger partial charge is 0.318 e. The highest BCUT2D eigenvalue weighted by molar-refractivity contribution is 5.96. The highest BCUT2D eigenvalue weighted by Crippen LogP contribution is 2.37. The van der Waals surface area contributed by atoms with Gasteiger partial charge in [0, 0.05) is 19.1 Å². The molecule has 2 rings (SSSR count). The molecule has 0 spiro atoms. The standard InChI is InChI=1S/C11H20N4O2/c1-6(10(16)14-11(13)17)15-4-7-2-3-9(12)8(7)5-15/h6-9H,2-5,12H2,1H3,(H3,13,14,16,17). The Balaban J connectivity index is 1.92. The number of nitrogens with one attached hydrogen (secondary N) is 1. The third-order valence-corrected chi connectivity index (χ3v) is 4.11. The van der Waals surface area contributed by atoms with E-state index in [1.54, 1.807) is 6.92 Å². The number of nitrogens with two attached hydrogens (primary N) is 2. The molecule has 6 heteroatoms. The Labute approximate surface area is 101 Å². The molecule has 1 heterocycles. The Kier molecular flexibility index (Phi) is 3.35. The van der Waals surface area contributed by atoms with E-state index in [4.69, 9.17) is 11.5 Å². The molecular weight excluding hydrogens is 220 g/mol. The summed E-state index contributed by atoms with van der Waals surface area (Å²) in [6.07, 6.45) is 2.23. The predicted molar refractivity (Wildman–Crippen MR) is 63.0 cm³/mol. The van der Waals surface area contributed by atoms with Gasteiger partial charge >= 0.3 is 6.03 Å². The van der Waals surface area contributed by atoms with E-state index in [2.05, 4.69) is 10.2 Å². The lowest BCUT2D eigenvalue weighted by molar-refractivity contribution is -0.124. The molecule has 4 unspecified atom stereocenters. The molecule has 1 saturated heterocycles. The van der Waals surface area contributed by atoms with Gasteiger partial charge < -0.3 is 11.5 Å². The summed E-state index contributed by atoms with van der Waals surface area (Å²) >= 11 is 0. The molecule has 96 valence electrons. The van der Waals surface area contributed by atoms with Crippen molar-refractivity contribution in [1.29, 1.82) is 0 Å². The molecule has 17 heavy (non-hydrogen) atoms. The zero-order chi connectivity index (χ0) is 12.6. The van der Waals surface area contributed by atoms with Crippen LogP contribution in [0.15, 0.2) is 0 Å². The summed E-state index contributed by atoms with van der Waals surface area (Å²) < 4.78 is 0. The normalized spacial score (nSPS) is 34.4. The maximum absolute atomic E-state index is 11.7. The van der Waals surface area contributed by atoms with Crippen LogP contribution in [0.25, 0.3) is 0 Å². The quantitative estimate of drug-likeness (QED) is 0.590. The zero-order valence-electron chi connectivity index (χ0n) is 10.1. The summed E-state index contributed by atoms with van der Waals surface area (Å²) in [6, 6.07) is -0.852. The van der Waals surface area contributed by atoms with Crippen LogP contribution in [0.4, 0.5) is 4.79 Å². The first-order valence-electron chi connectivity index (χ1n) is 6.09. The summed E-state index contributed by atoms with van der Waals surface area (Å²) in [4.78, 5) is 24.4. The van der Waals surface area contributed by atoms with Crippen molar-refractivity contribution in [2.24, 2.45) is 23.3 Å². The number of nitrogens with zero attached hydrogens (tertiary/aromatic N) is 1. The number of hydrogen-bond acceptors (Lipinski definition) is 4. The van der Waals surface area contributed by atoms with E-state index < -0.39 is 6.03 Å².